The van der Waals surface area contributed by atoms with Crippen molar-refractivity contribution in [3.63, 3.8) is 0 Å². The Morgan fingerprint density at radius 2 is 0.514 bits per heavy atom. The maximum atomic E-state index is 13.2. The molecule has 0 radical (unpaired) electrons. The van der Waals surface area contributed by atoms with E-state index in [1.54, 1.807) is 48.5 Å². The Bertz CT molecular complexity index is 3420. The Kier molecular flexibility index (Phi) is 35.2. The maximum Gasteiger partial charge on any atom is 0.303 e. The highest BCUT2D eigenvalue weighted by Crippen LogP contribution is 2.43. The van der Waals surface area contributed by atoms with Crippen LogP contribution in [0.2, 0.25) is 0 Å². The van der Waals surface area contributed by atoms with Gasteiger partial charge in [-0.3, -0.25) is 76.7 Å². The smallest absolute Gasteiger partial charge is 0.303 e. The highest BCUT2D eigenvalue weighted by atomic mass is 32.2. The molecule has 0 bridgehead atoms. The maximum absolute atomic E-state index is 13.2. The SMILES string of the molecule is CC(=O)OC[C@H]1O[C@@H](Sc2ccc(NC(=O)CCCCCC(=O)Nc3ccc(S[C@@H]4O[C@H](COC(C)=O)[C@@H](O[C@H]5O[C@H](COC(C)=O)[C@@H](OC(C)=O)[C@H](OC(C)=O)[C@H]5OC(C)=O)[C@H](OC(C)=O)[C@H]4OC(C)=O)cc3)cc2)[C@H](OC(C)=O)[C@@H](OC(C)=O)[C@@H]1O[C@H]1O[C@H](COC(C)=O)[C@@H](OC(C)=O)[C@H](OC(C)=O)[C@H]1OC(C)=O. The number of ether oxygens (including phenoxy) is 20. The van der Waals surface area contributed by atoms with E-state index in [1.165, 1.54) is 0 Å². The van der Waals surface area contributed by atoms with Gasteiger partial charge in [0.15, 0.2) is 73.6 Å². The molecule has 4 saturated heterocycles. The summed E-state index contributed by atoms with van der Waals surface area (Å²) < 4.78 is 116. The summed E-state index contributed by atoms with van der Waals surface area (Å²) >= 11 is 1.92. The summed E-state index contributed by atoms with van der Waals surface area (Å²) in [5, 5.41) is 5.62. The number of hydrogen-bond donors (Lipinski definition) is 2. The van der Waals surface area contributed by atoms with E-state index >= 15 is 0 Å². The molecule has 2 aromatic rings. The van der Waals surface area contributed by atoms with Crippen molar-refractivity contribution in [2.24, 2.45) is 0 Å². The molecular weight excluding hydrogens is 1520 g/mol. The zero-order chi connectivity index (χ0) is 82.1. The summed E-state index contributed by atoms with van der Waals surface area (Å²) in [5.74, 6) is -13.1. The van der Waals surface area contributed by atoms with Crippen molar-refractivity contribution in [1.29, 1.82) is 0 Å². The number of benzene rings is 2. The Labute approximate surface area is 644 Å². The van der Waals surface area contributed by atoms with Gasteiger partial charge in [0.2, 0.25) is 11.8 Å². The predicted molar refractivity (Wildman–Crippen MR) is 371 cm³/mol. The molecule has 2 N–H and O–H groups in total. The third kappa shape index (κ3) is 29.2. The summed E-state index contributed by atoms with van der Waals surface area (Å²) in [7, 11) is 0. The van der Waals surface area contributed by atoms with Gasteiger partial charge in [-0.25, -0.2) is 0 Å². The summed E-state index contributed by atoms with van der Waals surface area (Å²) in [6, 6.07) is 12.6. The number of carbonyl (C=O) groups is 16. The molecule has 2 amide bonds. The fourth-order valence-corrected chi connectivity index (χ4v) is 14.0. The second-order valence-electron chi connectivity index (χ2n) is 25.3. The third-order valence-electron chi connectivity index (χ3n) is 15.9. The van der Waals surface area contributed by atoms with E-state index in [2.05, 4.69) is 10.6 Å². The fourth-order valence-electron chi connectivity index (χ4n) is 11.8. The zero-order valence-electron chi connectivity index (χ0n) is 63.0. The molecule has 4 aliphatic heterocycles. The van der Waals surface area contributed by atoms with Crippen LogP contribution in [0.1, 0.15) is 129 Å². The van der Waals surface area contributed by atoms with Gasteiger partial charge < -0.3 is 105 Å². The molecule has 0 spiro atoms. The lowest BCUT2D eigenvalue weighted by atomic mass is 9.96. The molecular formula is C71H90N2O36S2. The molecule has 40 heteroatoms. The molecule has 4 fully saturated rings. The lowest BCUT2D eigenvalue weighted by molar-refractivity contribution is -0.341. The molecule has 0 aromatic heterocycles. The van der Waals surface area contributed by atoms with Crippen molar-refractivity contribution in [2.75, 3.05) is 37.1 Å². The number of nitrogens with one attached hydrogen (secondary N) is 2. The molecule has 0 unspecified atom stereocenters. The van der Waals surface area contributed by atoms with E-state index in [4.69, 9.17) is 94.7 Å². The molecule has 4 heterocycles. The topological polar surface area (TPSA) is 482 Å². The average Bonchev–Trinajstić information content (AvgIpc) is 0.769. The normalized spacial score (nSPS) is 27.4. The lowest BCUT2D eigenvalue weighted by Gasteiger charge is -2.48. The second-order valence-corrected chi connectivity index (χ2v) is 27.6. The minimum absolute atomic E-state index is 0.0600. The number of carbonyl (C=O) groups excluding carboxylic acids is 16. The minimum atomic E-state index is -1.88. The highest BCUT2D eigenvalue weighted by molar-refractivity contribution is 8.00. The lowest BCUT2D eigenvalue weighted by Crippen LogP contribution is -2.66. The number of unbranched alkanes of at least 4 members (excludes halogenated alkanes) is 2. The van der Waals surface area contributed by atoms with Crippen LogP contribution in [0, 0.1) is 0 Å². The van der Waals surface area contributed by atoms with Gasteiger partial charge in [0.25, 0.3) is 0 Å². The number of amides is 2. The third-order valence-corrected chi connectivity index (χ3v) is 18.2. The second kappa shape index (κ2) is 43.3. The summed E-state index contributed by atoms with van der Waals surface area (Å²) in [5.41, 5.74) is -1.83. The monoisotopic (exact) mass is 1610 g/mol. The quantitative estimate of drug-likeness (QED) is 0.0573. The fraction of sp³-hybridized carbons (Fsp3) is 0.606. The van der Waals surface area contributed by atoms with Gasteiger partial charge in [-0.15, -0.1) is 0 Å². The van der Waals surface area contributed by atoms with Gasteiger partial charge >= 0.3 is 83.6 Å². The summed E-state index contributed by atoms with van der Waals surface area (Å²) in [6.07, 6.45) is -28.1. The van der Waals surface area contributed by atoms with Crippen molar-refractivity contribution >= 4 is 130 Å². The van der Waals surface area contributed by atoms with Crippen LogP contribution in [0.3, 0.4) is 0 Å². The first-order chi connectivity index (χ1) is 52.3. The van der Waals surface area contributed by atoms with Gasteiger partial charge in [0.1, 0.15) is 73.9 Å². The molecule has 4 aliphatic rings. The van der Waals surface area contributed by atoms with Gasteiger partial charge in [-0.05, 0) is 61.4 Å². The van der Waals surface area contributed by atoms with Gasteiger partial charge in [-0.2, -0.15) is 0 Å². The van der Waals surface area contributed by atoms with Crippen molar-refractivity contribution in [3.05, 3.63) is 48.5 Å². The molecule has 111 heavy (non-hydrogen) atoms. The van der Waals surface area contributed by atoms with Crippen molar-refractivity contribution < 1.29 is 171 Å². The molecule has 612 valence electrons. The van der Waals surface area contributed by atoms with E-state index in [-0.39, 0.29) is 24.7 Å². The first-order valence-electron chi connectivity index (χ1n) is 34.7. The Morgan fingerprint density at radius 3 is 0.775 bits per heavy atom. The van der Waals surface area contributed by atoms with E-state index < -0.39 is 231 Å². The van der Waals surface area contributed by atoms with Crippen LogP contribution in [-0.4, -0.2) is 243 Å². The number of rotatable bonds is 34. The molecule has 20 atom stereocenters. The highest BCUT2D eigenvalue weighted by Gasteiger charge is 2.60. The van der Waals surface area contributed by atoms with Crippen LogP contribution in [0.4, 0.5) is 11.4 Å². The Balaban J connectivity index is 1.09. The van der Waals surface area contributed by atoms with Crippen LogP contribution in [0.5, 0.6) is 0 Å². The standard InChI is InChI=1S/C71H90N2O36S2/c1-32(74)90-28-50-56(94-36(5)78)60(96-38(7)80)64(100-42(11)84)68(104-50)108-58-52(30-92-34(3)76)106-70(66(102-44(13)86)62(58)98-40(9)82)110-48-24-20-46(21-25-48)72-54(88)18-16-15-17-19-55(89)73-47-22-26-49(27-23-47)111-71-67(103-45(14)87)63(99-41(10)83)59(53(107-71)31-93-35(4)77)109-69-65(101-43(12)85)61(97-39(8)81)57(95-37(6)79)51(105-69)29-91-33(2)75/h20-27,50-53,56-71H,15-19,28-31H2,1-14H3,(H,72,88)(H,73,89)/t50-,51-,52-,53-,56-,57-,58-,59-,60+,61+,62+,63+,64-,65-,66-,67-,68-,69-,70+,71+/m1/s1. The summed E-state index contributed by atoms with van der Waals surface area (Å²) in [6.45, 7) is 12.2. The number of esters is 14. The zero-order valence-corrected chi connectivity index (χ0v) is 64.7. The van der Waals surface area contributed by atoms with Crippen molar-refractivity contribution in [2.45, 2.75) is 260 Å². The van der Waals surface area contributed by atoms with Crippen LogP contribution >= 0.6 is 23.5 Å². The van der Waals surface area contributed by atoms with Crippen LogP contribution in [0.25, 0.3) is 0 Å². The number of anilines is 2. The van der Waals surface area contributed by atoms with Gasteiger partial charge in [0, 0.05) is 131 Å². The first-order valence-corrected chi connectivity index (χ1v) is 36.4. The van der Waals surface area contributed by atoms with Crippen molar-refractivity contribution in [1.82, 2.24) is 0 Å². The van der Waals surface area contributed by atoms with Gasteiger partial charge in [-0.1, -0.05) is 29.9 Å². The predicted octanol–water partition coefficient (Wildman–Crippen LogP) is 3.64. The molecule has 2 aromatic carbocycles. The van der Waals surface area contributed by atoms with Crippen LogP contribution in [-0.2, 0) is 171 Å². The first kappa shape index (κ1) is 90.3. The molecule has 38 nitrogen and oxygen atoms in total. The average molecular weight is 1610 g/mol. The van der Waals surface area contributed by atoms with Crippen LogP contribution in [0.15, 0.2) is 58.3 Å². The number of hydrogen-bond acceptors (Lipinski definition) is 38. The minimum Gasteiger partial charge on any atom is -0.463 e. The summed E-state index contributed by atoms with van der Waals surface area (Å²) in [4.78, 5) is 203. The van der Waals surface area contributed by atoms with Crippen LogP contribution < -0.4 is 10.6 Å². The molecule has 0 aliphatic carbocycles. The van der Waals surface area contributed by atoms with Crippen molar-refractivity contribution in [3.8, 4) is 0 Å². The molecule has 6 rings (SSSR count). The Morgan fingerprint density at radius 1 is 0.279 bits per heavy atom. The Hall–Kier alpha value is -9.58. The van der Waals surface area contributed by atoms with Gasteiger partial charge in [0.05, 0.1) is 0 Å². The van der Waals surface area contributed by atoms with E-state index in [0.717, 1.165) is 120 Å². The largest absolute Gasteiger partial charge is 0.463 e. The van der Waals surface area contributed by atoms with E-state index in [9.17, 15) is 76.7 Å². The number of thioether (sulfide) groups is 2. The van der Waals surface area contributed by atoms with E-state index in [0.29, 0.717) is 40.4 Å². The molecule has 0 saturated carbocycles. The van der Waals surface area contributed by atoms with E-state index in [1.807, 2.05) is 0 Å².